The number of hydrogen-bond acceptors (Lipinski definition) is 3. The number of benzene rings is 1. The zero-order valence-corrected chi connectivity index (χ0v) is 15.0. The van der Waals surface area contributed by atoms with E-state index in [1.165, 1.54) is 6.07 Å². The molecule has 6 heteroatoms. The minimum atomic E-state index is -0.675. The van der Waals surface area contributed by atoms with Crippen LogP contribution in [0.25, 0.3) is 0 Å². The van der Waals surface area contributed by atoms with Gasteiger partial charge in [-0.1, -0.05) is 28.9 Å². The molecule has 1 amide bonds. The number of ether oxygens (including phenoxy) is 1. The number of aliphatic hydroxyl groups excluding tert-OH is 1. The Morgan fingerprint density at radius 1 is 1.36 bits per heavy atom. The summed E-state index contributed by atoms with van der Waals surface area (Å²) in [5, 5.41) is 12.2. The summed E-state index contributed by atoms with van der Waals surface area (Å²) in [5.41, 5.74) is -0.769. The van der Waals surface area contributed by atoms with E-state index in [9.17, 15) is 14.3 Å². The molecule has 1 atom stereocenters. The molecular formula is C16H23BrFNO3. The van der Waals surface area contributed by atoms with E-state index < -0.39 is 17.1 Å². The molecule has 2 N–H and O–H groups in total. The number of aliphatic hydroxyl groups is 1. The fraction of sp³-hybridized carbons (Fsp3) is 0.562. The molecule has 0 aliphatic carbocycles. The van der Waals surface area contributed by atoms with E-state index in [4.69, 9.17) is 4.74 Å². The van der Waals surface area contributed by atoms with Gasteiger partial charge in [-0.25, -0.2) is 9.18 Å². The summed E-state index contributed by atoms with van der Waals surface area (Å²) in [6.45, 7) is 7.11. The lowest BCUT2D eigenvalue weighted by molar-refractivity contribution is 0.0478. The highest BCUT2D eigenvalue weighted by atomic mass is 79.9. The molecule has 1 rings (SSSR count). The number of amides is 1. The molecule has 1 aromatic carbocycles. The van der Waals surface area contributed by atoms with Crippen molar-refractivity contribution in [3.8, 4) is 0 Å². The van der Waals surface area contributed by atoms with Crippen LogP contribution in [0.2, 0.25) is 0 Å². The Balaban J connectivity index is 2.70. The second-order valence-electron chi connectivity index (χ2n) is 6.74. The maximum Gasteiger partial charge on any atom is 0.407 e. The maximum absolute atomic E-state index is 13.9. The minimum Gasteiger partial charge on any atom is -0.444 e. The Labute approximate surface area is 139 Å². The third-order valence-corrected chi connectivity index (χ3v) is 3.57. The van der Waals surface area contributed by atoms with Crippen molar-refractivity contribution in [1.29, 1.82) is 0 Å². The molecule has 1 unspecified atom stereocenters. The Hall–Kier alpha value is -1.14. The van der Waals surface area contributed by atoms with Gasteiger partial charge in [0.25, 0.3) is 0 Å². The van der Waals surface area contributed by atoms with Crippen molar-refractivity contribution in [2.24, 2.45) is 5.41 Å². The molecular weight excluding hydrogens is 353 g/mol. The Morgan fingerprint density at radius 3 is 2.50 bits per heavy atom. The summed E-state index contributed by atoms with van der Waals surface area (Å²) < 4.78 is 19.7. The van der Waals surface area contributed by atoms with E-state index in [0.717, 1.165) is 0 Å². The standard InChI is InChI=1S/C16H23BrFNO3/c1-15(2,3)22-14(21)19-9-16(4,10-20)8-11-5-6-12(17)7-13(11)18/h5-7,20H,8-10H2,1-4H3,(H,19,21). The topological polar surface area (TPSA) is 58.6 Å². The second kappa shape index (κ2) is 7.42. The van der Waals surface area contributed by atoms with Gasteiger partial charge in [-0.3, -0.25) is 0 Å². The van der Waals surface area contributed by atoms with Gasteiger partial charge in [0, 0.05) is 16.4 Å². The molecule has 0 heterocycles. The molecule has 0 fully saturated rings. The first kappa shape index (κ1) is 18.9. The summed E-state index contributed by atoms with van der Waals surface area (Å²) >= 11 is 3.21. The first-order valence-electron chi connectivity index (χ1n) is 7.06. The summed E-state index contributed by atoms with van der Waals surface area (Å²) in [5.74, 6) is -0.341. The van der Waals surface area contributed by atoms with Crippen LogP contribution in [0.5, 0.6) is 0 Å². The van der Waals surface area contributed by atoms with Crippen LogP contribution in [-0.4, -0.2) is 30.0 Å². The lowest BCUT2D eigenvalue weighted by atomic mass is 9.84. The van der Waals surface area contributed by atoms with Gasteiger partial charge in [0.2, 0.25) is 0 Å². The van der Waals surface area contributed by atoms with Crippen molar-refractivity contribution in [2.75, 3.05) is 13.2 Å². The normalized spacial score (nSPS) is 14.3. The van der Waals surface area contributed by atoms with Crippen LogP contribution in [0.1, 0.15) is 33.3 Å². The van der Waals surface area contributed by atoms with Gasteiger partial charge in [-0.2, -0.15) is 0 Å². The number of alkyl carbamates (subject to hydrolysis) is 1. The molecule has 0 aliphatic heterocycles. The molecule has 124 valence electrons. The fourth-order valence-electron chi connectivity index (χ4n) is 1.90. The average molecular weight is 376 g/mol. The van der Waals surface area contributed by atoms with Crippen molar-refractivity contribution in [3.63, 3.8) is 0 Å². The highest BCUT2D eigenvalue weighted by Gasteiger charge is 2.27. The third-order valence-electron chi connectivity index (χ3n) is 3.07. The summed E-state index contributed by atoms with van der Waals surface area (Å²) in [6.07, 6.45) is -0.248. The Kier molecular flexibility index (Phi) is 6.38. The lowest BCUT2D eigenvalue weighted by Crippen LogP contribution is -2.41. The van der Waals surface area contributed by atoms with Crippen molar-refractivity contribution < 1.29 is 19.0 Å². The number of nitrogens with one attached hydrogen (secondary N) is 1. The smallest absolute Gasteiger partial charge is 0.407 e. The molecule has 0 saturated heterocycles. The molecule has 0 aliphatic rings. The zero-order chi connectivity index (χ0) is 17.0. The van der Waals surface area contributed by atoms with Crippen LogP contribution in [0, 0.1) is 11.2 Å². The molecule has 4 nitrogen and oxygen atoms in total. The van der Waals surface area contributed by atoms with E-state index in [1.807, 2.05) is 0 Å². The van der Waals surface area contributed by atoms with Gasteiger partial charge in [0.05, 0.1) is 6.61 Å². The summed E-state index contributed by atoms with van der Waals surface area (Å²) in [7, 11) is 0. The van der Waals surface area contributed by atoms with E-state index in [2.05, 4.69) is 21.2 Å². The number of carbonyl (C=O) groups excluding carboxylic acids is 1. The van der Waals surface area contributed by atoms with E-state index in [-0.39, 0.29) is 19.0 Å². The van der Waals surface area contributed by atoms with Crippen molar-refractivity contribution in [2.45, 2.75) is 39.7 Å². The summed E-state index contributed by atoms with van der Waals surface area (Å²) in [6, 6.07) is 4.80. The monoisotopic (exact) mass is 375 g/mol. The van der Waals surface area contributed by atoms with Crippen LogP contribution >= 0.6 is 15.9 Å². The summed E-state index contributed by atoms with van der Waals surface area (Å²) in [4.78, 5) is 11.7. The zero-order valence-electron chi connectivity index (χ0n) is 13.4. The Bertz CT molecular complexity index is 531. The van der Waals surface area contributed by atoms with Crippen LogP contribution in [-0.2, 0) is 11.2 Å². The van der Waals surface area contributed by atoms with E-state index in [0.29, 0.717) is 16.5 Å². The molecule has 22 heavy (non-hydrogen) atoms. The largest absolute Gasteiger partial charge is 0.444 e. The van der Waals surface area contributed by atoms with Crippen LogP contribution in [0.15, 0.2) is 22.7 Å². The second-order valence-corrected chi connectivity index (χ2v) is 7.65. The van der Waals surface area contributed by atoms with Gasteiger partial charge in [0.1, 0.15) is 11.4 Å². The van der Waals surface area contributed by atoms with Gasteiger partial charge in [-0.15, -0.1) is 0 Å². The third kappa shape index (κ3) is 6.32. The SMILES string of the molecule is CC(CO)(CNC(=O)OC(C)(C)C)Cc1ccc(Br)cc1F. The predicted molar refractivity (Wildman–Crippen MR) is 87.2 cm³/mol. The van der Waals surface area contributed by atoms with Gasteiger partial charge in [-0.05, 0) is 44.9 Å². The molecule has 0 bridgehead atoms. The number of hydrogen-bond donors (Lipinski definition) is 2. The number of halogens is 2. The van der Waals surface area contributed by atoms with E-state index >= 15 is 0 Å². The van der Waals surface area contributed by atoms with Crippen molar-refractivity contribution >= 4 is 22.0 Å². The van der Waals surface area contributed by atoms with Crippen molar-refractivity contribution in [1.82, 2.24) is 5.32 Å². The van der Waals surface area contributed by atoms with Gasteiger partial charge >= 0.3 is 6.09 Å². The van der Waals surface area contributed by atoms with Crippen LogP contribution in [0.4, 0.5) is 9.18 Å². The van der Waals surface area contributed by atoms with Crippen molar-refractivity contribution in [3.05, 3.63) is 34.1 Å². The van der Waals surface area contributed by atoms with Crippen LogP contribution < -0.4 is 5.32 Å². The number of rotatable bonds is 5. The maximum atomic E-state index is 13.9. The van der Waals surface area contributed by atoms with Gasteiger partial charge in [0.15, 0.2) is 0 Å². The fourth-order valence-corrected chi connectivity index (χ4v) is 2.23. The average Bonchev–Trinajstić information content (AvgIpc) is 2.38. The predicted octanol–water partition coefficient (Wildman–Crippen LogP) is 3.65. The molecule has 0 radical (unpaired) electrons. The van der Waals surface area contributed by atoms with Crippen LogP contribution in [0.3, 0.4) is 0 Å². The highest BCUT2D eigenvalue weighted by Crippen LogP contribution is 2.25. The van der Waals surface area contributed by atoms with E-state index in [1.54, 1.807) is 39.8 Å². The number of carbonyl (C=O) groups is 1. The molecule has 0 aromatic heterocycles. The lowest BCUT2D eigenvalue weighted by Gasteiger charge is -2.29. The quantitative estimate of drug-likeness (QED) is 0.825. The highest BCUT2D eigenvalue weighted by molar-refractivity contribution is 9.10. The molecule has 0 saturated carbocycles. The molecule has 1 aromatic rings. The molecule has 0 spiro atoms. The van der Waals surface area contributed by atoms with Gasteiger partial charge < -0.3 is 15.2 Å². The first-order valence-corrected chi connectivity index (χ1v) is 7.86. The Morgan fingerprint density at radius 2 is 2.00 bits per heavy atom. The first-order chi connectivity index (χ1) is 10.0. The minimum absolute atomic E-state index is 0.182.